The van der Waals surface area contributed by atoms with Crippen molar-refractivity contribution in [1.29, 1.82) is 0 Å². The highest BCUT2D eigenvalue weighted by molar-refractivity contribution is 5.98. The number of primary amides is 1. The highest BCUT2D eigenvalue weighted by Gasteiger charge is 2.36. The Hall–Kier alpha value is -0.850. The number of nitrogens with one attached hydrogen (secondary N) is 1. The van der Waals surface area contributed by atoms with Gasteiger partial charge in [0, 0.05) is 0 Å². The van der Waals surface area contributed by atoms with Crippen LogP contribution in [-0.2, 0) is 9.59 Å². The lowest BCUT2D eigenvalue weighted by atomic mass is 10.2. The van der Waals surface area contributed by atoms with E-state index in [9.17, 15) is 14.4 Å². The topological polar surface area (TPSA) is 100 Å². The highest BCUT2D eigenvalue weighted by Crippen LogP contribution is 1.90. The first kappa shape index (κ1) is 14.7. The van der Waals surface area contributed by atoms with Crippen molar-refractivity contribution in [2.75, 3.05) is 0 Å². The number of quaternary nitrogens is 1. The van der Waals surface area contributed by atoms with Gasteiger partial charge in [-0.25, -0.2) is 10.1 Å². The van der Waals surface area contributed by atoms with Crippen molar-refractivity contribution in [3.63, 3.8) is 0 Å². The van der Waals surface area contributed by atoms with Crippen LogP contribution in [-0.4, -0.2) is 29.1 Å². The molecule has 0 aromatic heterocycles. The summed E-state index contributed by atoms with van der Waals surface area (Å²) in [6.07, 6.45) is -0.322. The Kier molecular flexibility index (Phi) is 6.47. The van der Waals surface area contributed by atoms with Gasteiger partial charge >= 0.3 is 12.0 Å². The van der Waals surface area contributed by atoms with Crippen LogP contribution in [0.4, 0.5) is 4.79 Å². The number of aliphatic carboxylic acids is 1. The molecule has 8 heteroatoms. The van der Waals surface area contributed by atoms with Gasteiger partial charge in [0.05, 0.1) is 0 Å². The molecular weight excluding hydrogens is 223 g/mol. The van der Waals surface area contributed by atoms with E-state index in [4.69, 9.17) is 5.11 Å². The molecule has 6 nitrogen and oxygen atoms in total. The molecule has 3 amide bonds. The first-order chi connectivity index (χ1) is 5.09. The van der Waals surface area contributed by atoms with Crippen molar-refractivity contribution < 1.29 is 49.6 Å². The van der Waals surface area contributed by atoms with E-state index in [1.54, 1.807) is 0 Å². The molecule has 0 aliphatic carbocycles. The summed E-state index contributed by atoms with van der Waals surface area (Å²) in [4.78, 5) is 31.3. The van der Waals surface area contributed by atoms with Crippen LogP contribution in [0.15, 0.2) is 0 Å². The van der Waals surface area contributed by atoms with Gasteiger partial charge in [0.1, 0.15) is 6.42 Å². The highest BCUT2D eigenvalue weighted by atomic mass is 35.5. The molecule has 0 aromatic carbocycles. The van der Waals surface area contributed by atoms with Crippen molar-refractivity contribution in [2.24, 2.45) is 0 Å². The number of carboxylic acid groups (broad SMARTS) is 1. The smallest absolute Gasteiger partial charge is 0.420 e. The van der Waals surface area contributed by atoms with Crippen LogP contribution in [0.25, 0.3) is 0 Å². The predicted molar refractivity (Wildman–Crippen MR) is 31.5 cm³/mol. The summed E-state index contributed by atoms with van der Waals surface area (Å²) in [5.41, 5.74) is 0. The molecule has 1 aliphatic heterocycles. The molecule has 4 N–H and O–H groups in total. The molecule has 1 heterocycles. The van der Waals surface area contributed by atoms with Gasteiger partial charge in [-0.3, -0.25) is 14.9 Å². The largest absolute Gasteiger partial charge is 1.00 e. The van der Waals surface area contributed by atoms with Crippen molar-refractivity contribution in [3.8, 4) is 0 Å². The lowest BCUT2D eigenvalue weighted by molar-refractivity contribution is -0.569. The van der Waals surface area contributed by atoms with E-state index < -0.39 is 23.9 Å². The second kappa shape index (κ2) is 5.74. The van der Waals surface area contributed by atoms with Crippen LogP contribution in [0.1, 0.15) is 6.42 Å². The molecule has 1 rings (SSSR count). The minimum Gasteiger partial charge on any atom is -1.00 e. The Morgan fingerprint density at radius 3 is 2.31 bits per heavy atom. The molecule has 0 spiro atoms. The van der Waals surface area contributed by atoms with Gasteiger partial charge in [-0.15, -0.1) is 0 Å². The molecule has 1 aliphatic rings. The first-order valence-electron chi connectivity index (χ1n) is 3.01. The van der Waals surface area contributed by atoms with E-state index in [0.29, 0.717) is 0 Å². The Morgan fingerprint density at radius 1 is 1.46 bits per heavy atom. The van der Waals surface area contributed by atoms with E-state index >= 15 is 0 Å². The number of nitrogens with two attached hydrogens (primary N) is 1. The van der Waals surface area contributed by atoms with E-state index in [1.165, 1.54) is 0 Å². The fourth-order valence-electron chi connectivity index (χ4n) is 0.854. The third-order valence-corrected chi connectivity index (χ3v) is 1.33. The summed E-state index contributed by atoms with van der Waals surface area (Å²) in [5, 5.41) is 11.3. The summed E-state index contributed by atoms with van der Waals surface area (Å²) in [7, 11) is 0. The summed E-state index contributed by atoms with van der Waals surface area (Å²) < 4.78 is 0. The van der Waals surface area contributed by atoms with Crippen LogP contribution < -0.4 is 35.4 Å². The van der Waals surface area contributed by atoms with Gasteiger partial charge in [-0.1, -0.05) is 0 Å². The van der Waals surface area contributed by atoms with Crippen molar-refractivity contribution in [1.82, 2.24) is 5.32 Å². The minimum absolute atomic E-state index is 0. The zero-order valence-corrected chi connectivity index (χ0v) is 7.80. The Labute approximate surface area is 85.9 Å². The standard InChI is InChI=1S/C5H6N2O4.2ClH/c8-3(9)1-2-4(10)7-5(11)6-2;;/h2H,1H2,(H,8,9)(H2,6,7,10,11);2*1H/p-1. The zero-order chi connectivity index (χ0) is 8.43. The lowest BCUT2D eigenvalue weighted by Crippen LogP contribution is -3.00. The fourth-order valence-corrected chi connectivity index (χ4v) is 0.854. The van der Waals surface area contributed by atoms with Crippen LogP contribution >= 0.6 is 0 Å². The monoisotopic (exact) mass is 229 g/mol. The number of rotatable bonds is 2. The first-order valence-corrected chi connectivity index (χ1v) is 3.01. The molecule has 1 saturated heterocycles. The van der Waals surface area contributed by atoms with Gasteiger partial charge < -0.3 is 29.9 Å². The molecule has 0 saturated carbocycles. The molecule has 76 valence electrons. The van der Waals surface area contributed by atoms with Gasteiger partial charge in [-0.05, 0) is 0 Å². The summed E-state index contributed by atoms with van der Waals surface area (Å²) >= 11 is 0. The zero-order valence-electron chi connectivity index (χ0n) is 6.29. The van der Waals surface area contributed by atoms with E-state index in [0.717, 1.165) is 5.32 Å². The number of carboxylic acids is 1. The van der Waals surface area contributed by atoms with Crippen LogP contribution in [0.2, 0.25) is 0 Å². The average Bonchev–Trinajstić information content (AvgIpc) is 2.09. The van der Waals surface area contributed by atoms with Gasteiger partial charge in [0.15, 0.2) is 6.04 Å². The third kappa shape index (κ3) is 4.07. The molecule has 0 aromatic rings. The number of imide groups is 1. The van der Waals surface area contributed by atoms with Crippen molar-refractivity contribution in [3.05, 3.63) is 0 Å². The van der Waals surface area contributed by atoms with E-state index in [2.05, 4.69) is 0 Å². The number of halogens is 2. The lowest BCUT2D eigenvalue weighted by Gasteiger charge is -1.95. The number of carbonyl (C=O) groups is 3. The van der Waals surface area contributed by atoms with Crippen molar-refractivity contribution in [2.45, 2.75) is 12.5 Å². The normalized spacial score (nSPS) is 19.8. The quantitative estimate of drug-likeness (QED) is 0.410. The molecular formula is C5H7Cl2N2O4-. The van der Waals surface area contributed by atoms with Crippen LogP contribution in [0, 0.1) is 0 Å². The van der Waals surface area contributed by atoms with Gasteiger partial charge in [0.2, 0.25) is 0 Å². The van der Waals surface area contributed by atoms with Crippen molar-refractivity contribution >= 4 is 17.9 Å². The fraction of sp³-hybridized carbons (Fsp3) is 0.400. The molecule has 1 fully saturated rings. The number of hydrogen-bond donors (Lipinski definition) is 3. The maximum Gasteiger partial charge on any atom is 0.420 e. The summed E-state index contributed by atoms with van der Waals surface area (Å²) in [5.74, 6) is -1.62. The van der Waals surface area contributed by atoms with Gasteiger partial charge in [0.25, 0.3) is 5.91 Å². The SMILES string of the molecule is O=C(O)CC1[NH2+]C(=O)NC1=O.[Cl-].[Cl-]. The summed E-state index contributed by atoms with van der Waals surface area (Å²) in [6, 6.07) is -1.30. The average molecular weight is 230 g/mol. The molecule has 0 radical (unpaired) electrons. The Bertz CT molecular complexity index is 233. The number of hydrogen-bond acceptors (Lipinski definition) is 3. The molecule has 13 heavy (non-hydrogen) atoms. The number of carbonyl (C=O) groups excluding carboxylic acids is 2. The Morgan fingerprint density at radius 2 is 2.00 bits per heavy atom. The number of urea groups is 1. The van der Waals surface area contributed by atoms with Crippen LogP contribution in [0.5, 0.6) is 0 Å². The maximum atomic E-state index is 10.7. The molecule has 1 atom stereocenters. The maximum absolute atomic E-state index is 10.7. The third-order valence-electron chi connectivity index (χ3n) is 1.33. The molecule has 1 unspecified atom stereocenters. The predicted octanol–water partition coefficient (Wildman–Crippen LogP) is -8.35. The second-order valence-electron chi connectivity index (χ2n) is 2.22. The second-order valence-corrected chi connectivity index (χ2v) is 2.22. The van der Waals surface area contributed by atoms with Gasteiger partial charge in [-0.2, -0.15) is 0 Å². The van der Waals surface area contributed by atoms with Crippen LogP contribution in [0.3, 0.4) is 0 Å². The number of amides is 3. The minimum atomic E-state index is -1.09. The summed E-state index contributed by atoms with van der Waals surface area (Å²) in [6.45, 7) is 0. The van der Waals surface area contributed by atoms with E-state index in [1.807, 2.05) is 5.32 Å². The molecule has 0 bridgehead atoms. The van der Waals surface area contributed by atoms with E-state index in [-0.39, 0.29) is 31.2 Å². The Balaban J connectivity index is 0.